The molecule has 1 amide bonds. The molecule has 3 nitrogen and oxygen atoms in total. The molecule has 1 heterocycles. The average molecular weight is 285 g/mol. The zero-order valence-corrected chi connectivity index (χ0v) is 11.8. The molecule has 0 unspecified atom stereocenters. The van der Waals surface area contributed by atoms with Crippen LogP contribution in [0.1, 0.15) is 0 Å². The van der Waals surface area contributed by atoms with Crippen LogP contribution in [0.15, 0.2) is 59.5 Å². The molecule has 20 heavy (non-hydrogen) atoms. The predicted molar refractivity (Wildman–Crippen MR) is 81.5 cm³/mol. The summed E-state index contributed by atoms with van der Waals surface area (Å²) in [6.45, 7) is 0.825. The summed E-state index contributed by atoms with van der Waals surface area (Å²) in [4.78, 5) is 15.0. The molecule has 3 rings (SSSR count). The van der Waals surface area contributed by atoms with E-state index in [0.717, 1.165) is 17.2 Å². The van der Waals surface area contributed by atoms with Crippen molar-refractivity contribution in [2.45, 2.75) is 4.90 Å². The van der Waals surface area contributed by atoms with E-state index in [-0.39, 0.29) is 12.5 Å². The highest BCUT2D eigenvalue weighted by molar-refractivity contribution is 7.99. The van der Waals surface area contributed by atoms with Gasteiger partial charge in [0.05, 0.1) is 5.69 Å². The van der Waals surface area contributed by atoms with Gasteiger partial charge in [0.1, 0.15) is 5.75 Å². The molecule has 0 saturated carbocycles. The van der Waals surface area contributed by atoms with Crippen LogP contribution in [-0.2, 0) is 4.79 Å². The summed E-state index contributed by atoms with van der Waals surface area (Å²) in [7, 11) is 0. The number of rotatable bonds is 4. The van der Waals surface area contributed by atoms with Crippen molar-refractivity contribution < 1.29 is 9.53 Å². The van der Waals surface area contributed by atoms with Crippen molar-refractivity contribution in [3.8, 4) is 5.75 Å². The van der Waals surface area contributed by atoms with Crippen LogP contribution < -0.4 is 9.64 Å². The van der Waals surface area contributed by atoms with E-state index >= 15 is 0 Å². The first-order valence-corrected chi connectivity index (χ1v) is 7.53. The Morgan fingerprint density at radius 2 is 1.80 bits per heavy atom. The van der Waals surface area contributed by atoms with Gasteiger partial charge in [0.15, 0.2) is 6.61 Å². The third kappa shape index (κ3) is 2.80. The fraction of sp³-hybridized carbons (Fsp3) is 0.188. The molecule has 0 atom stereocenters. The average Bonchev–Trinajstić information content (AvgIpc) is 2.50. The minimum absolute atomic E-state index is 0.0253. The Morgan fingerprint density at radius 3 is 2.65 bits per heavy atom. The molecule has 0 bridgehead atoms. The van der Waals surface area contributed by atoms with E-state index in [1.807, 2.05) is 47.4 Å². The van der Waals surface area contributed by atoms with Crippen LogP contribution >= 0.6 is 11.8 Å². The molecule has 2 aromatic carbocycles. The number of fused-ring (bicyclic) bond motifs is 1. The van der Waals surface area contributed by atoms with Gasteiger partial charge < -0.3 is 9.64 Å². The second-order valence-corrected chi connectivity index (χ2v) is 5.63. The van der Waals surface area contributed by atoms with Crippen molar-refractivity contribution in [1.29, 1.82) is 0 Å². The van der Waals surface area contributed by atoms with Gasteiger partial charge in [0.25, 0.3) is 5.91 Å². The Bertz CT molecular complexity index is 600. The minimum atomic E-state index is 0.0253. The maximum atomic E-state index is 12.0. The summed E-state index contributed by atoms with van der Waals surface area (Å²) in [6.07, 6.45) is 0. The van der Waals surface area contributed by atoms with Crippen molar-refractivity contribution in [1.82, 2.24) is 0 Å². The smallest absolute Gasteiger partial charge is 0.265 e. The van der Waals surface area contributed by atoms with Crippen LogP contribution in [0.25, 0.3) is 0 Å². The number of hydrogen-bond acceptors (Lipinski definition) is 3. The van der Waals surface area contributed by atoms with Crippen LogP contribution in [0.5, 0.6) is 5.75 Å². The molecule has 0 saturated heterocycles. The molecule has 0 radical (unpaired) electrons. The summed E-state index contributed by atoms with van der Waals surface area (Å²) in [5, 5.41) is 0. The Kier molecular flexibility index (Phi) is 3.92. The van der Waals surface area contributed by atoms with Crippen LogP contribution in [0, 0.1) is 0 Å². The first-order valence-electron chi connectivity index (χ1n) is 6.54. The lowest BCUT2D eigenvalue weighted by Gasteiger charge is -2.29. The summed E-state index contributed by atoms with van der Waals surface area (Å²) in [6, 6.07) is 17.9. The Labute approximate surface area is 122 Å². The van der Waals surface area contributed by atoms with E-state index in [9.17, 15) is 4.79 Å². The summed E-state index contributed by atoms with van der Waals surface area (Å²) < 4.78 is 5.43. The molecule has 0 aliphatic carbocycles. The highest BCUT2D eigenvalue weighted by Crippen LogP contribution is 2.31. The third-order valence-corrected chi connectivity index (χ3v) is 4.13. The Morgan fingerprint density at radius 1 is 1.05 bits per heavy atom. The number of thioether (sulfide) groups is 1. The molecular formula is C16H15NO2S. The molecular weight excluding hydrogens is 270 g/mol. The zero-order valence-electron chi connectivity index (χ0n) is 11.0. The summed E-state index contributed by atoms with van der Waals surface area (Å²) in [5.74, 6) is 1.68. The molecule has 1 aliphatic rings. The summed E-state index contributed by atoms with van der Waals surface area (Å²) >= 11 is 1.76. The lowest BCUT2D eigenvalue weighted by atomic mass is 10.2. The molecule has 4 heteroatoms. The van der Waals surface area contributed by atoms with Gasteiger partial charge >= 0.3 is 0 Å². The highest BCUT2D eigenvalue weighted by Gasteiger charge is 2.24. The van der Waals surface area contributed by atoms with Crippen LogP contribution in [-0.4, -0.2) is 24.8 Å². The van der Waals surface area contributed by atoms with Crippen molar-refractivity contribution >= 4 is 23.4 Å². The number of carbonyl (C=O) groups excluding carboxylic acids is 1. The van der Waals surface area contributed by atoms with Gasteiger partial charge in [-0.1, -0.05) is 30.3 Å². The van der Waals surface area contributed by atoms with E-state index in [1.54, 1.807) is 11.8 Å². The third-order valence-electron chi connectivity index (χ3n) is 3.14. The van der Waals surface area contributed by atoms with E-state index in [0.29, 0.717) is 6.54 Å². The SMILES string of the molecule is O=C1COc2ccccc2N1CCSc1ccccc1. The number of nitrogens with zero attached hydrogens (tertiary/aromatic N) is 1. The van der Waals surface area contributed by atoms with Gasteiger partial charge in [-0.2, -0.15) is 0 Å². The van der Waals surface area contributed by atoms with Crippen molar-refractivity contribution in [2.24, 2.45) is 0 Å². The fourth-order valence-electron chi connectivity index (χ4n) is 2.17. The van der Waals surface area contributed by atoms with Gasteiger partial charge in [-0.15, -0.1) is 11.8 Å². The van der Waals surface area contributed by atoms with Crippen molar-refractivity contribution in [2.75, 3.05) is 23.8 Å². The lowest BCUT2D eigenvalue weighted by molar-refractivity contribution is -0.121. The van der Waals surface area contributed by atoms with E-state index in [4.69, 9.17) is 4.74 Å². The molecule has 2 aromatic rings. The fourth-order valence-corrected chi connectivity index (χ4v) is 3.03. The minimum Gasteiger partial charge on any atom is -0.482 e. The molecule has 0 spiro atoms. The van der Waals surface area contributed by atoms with Gasteiger partial charge in [0, 0.05) is 17.2 Å². The van der Waals surface area contributed by atoms with Crippen molar-refractivity contribution in [3.63, 3.8) is 0 Å². The van der Waals surface area contributed by atoms with Gasteiger partial charge in [0.2, 0.25) is 0 Å². The summed E-state index contributed by atoms with van der Waals surface area (Å²) in [5.41, 5.74) is 0.873. The molecule has 0 fully saturated rings. The number of amides is 1. The lowest BCUT2D eigenvalue weighted by Crippen LogP contribution is -2.40. The number of carbonyl (C=O) groups is 1. The molecule has 102 valence electrons. The predicted octanol–water partition coefficient (Wildman–Crippen LogP) is 3.20. The number of benzene rings is 2. The van der Waals surface area contributed by atoms with Crippen molar-refractivity contribution in [3.05, 3.63) is 54.6 Å². The Balaban J connectivity index is 1.66. The highest BCUT2D eigenvalue weighted by atomic mass is 32.2. The second kappa shape index (κ2) is 6.01. The topological polar surface area (TPSA) is 29.5 Å². The number of ether oxygens (including phenoxy) is 1. The quantitative estimate of drug-likeness (QED) is 0.808. The molecule has 1 aliphatic heterocycles. The molecule has 0 N–H and O–H groups in total. The maximum absolute atomic E-state index is 12.0. The van der Waals surface area contributed by atoms with Crippen LogP contribution in [0.4, 0.5) is 5.69 Å². The van der Waals surface area contributed by atoms with E-state index < -0.39 is 0 Å². The largest absolute Gasteiger partial charge is 0.482 e. The zero-order chi connectivity index (χ0) is 13.8. The van der Waals surface area contributed by atoms with E-state index in [1.165, 1.54) is 4.90 Å². The van der Waals surface area contributed by atoms with Gasteiger partial charge in [-0.3, -0.25) is 4.79 Å². The maximum Gasteiger partial charge on any atom is 0.265 e. The normalized spacial score (nSPS) is 13.8. The van der Waals surface area contributed by atoms with E-state index in [2.05, 4.69) is 12.1 Å². The molecule has 0 aromatic heterocycles. The second-order valence-electron chi connectivity index (χ2n) is 4.46. The number of hydrogen-bond donors (Lipinski definition) is 0. The standard InChI is InChI=1S/C16H15NO2S/c18-16-12-19-15-9-5-4-8-14(15)17(16)10-11-20-13-6-2-1-3-7-13/h1-9H,10-12H2. The monoisotopic (exact) mass is 285 g/mol. The van der Waals surface area contributed by atoms with Gasteiger partial charge in [-0.25, -0.2) is 0 Å². The number of para-hydroxylation sites is 2. The van der Waals surface area contributed by atoms with Gasteiger partial charge in [-0.05, 0) is 24.3 Å². The van der Waals surface area contributed by atoms with Crippen LogP contribution in [0.3, 0.4) is 0 Å². The Hall–Kier alpha value is -1.94. The first-order chi connectivity index (χ1) is 9.84. The first kappa shape index (κ1) is 13.1. The van der Waals surface area contributed by atoms with Crippen LogP contribution in [0.2, 0.25) is 0 Å². The number of anilines is 1.